The van der Waals surface area contributed by atoms with Crippen LogP contribution < -0.4 is 10.1 Å². The number of rotatable bonds is 6. The Morgan fingerprint density at radius 2 is 2.04 bits per heavy atom. The van der Waals surface area contributed by atoms with Gasteiger partial charge in [0.1, 0.15) is 5.75 Å². The van der Waals surface area contributed by atoms with E-state index in [0.717, 1.165) is 22.0 Å². The summed E-state index contributed by atoms with van der Waals surface area (Å²) in [6, 6.07) is 14.3. The van der Waals surface area contributed by atoms with Gasteiger partial charge >= 0.3 is 6.61 Å². The normalized spacial score (nSPS) is 19.2. The van der Waals surface area contributed by atoms with Gasteiger partial charge in [0.25, 0.3) is 0 Å². The Labute approximate surface area is 147 Å². The quantitative estimate of drug-likeness (QED) is 0.783. The zero-order valence-corrected chi connectivity index (χ0v) is 14.3. The summed E-state index contributed by atoms with van der Waals surface area (Å²) < 4.78 is 29.8. The molecule has 1 aliphatic rings. The van der Waals surface area contributed by atoms with Gasteiger partial charge in [-0.15, -0.1) is 0 Å². The third-order valence-electron chi connectivity index (χ3n) is 3.99. The van der Waals surface area contributed by atoms with Crippen molar-refractivity contribution in [2.24, 2.45) is 5.92 Å². The molecule has 126 valence electrons. The SMILES string of the molecule is O=C(NCc1cccc(OC(F)F)c1)C1CC1c1cccc(Br)c1. The molecule has 3 rings (SSSR count). The fourth-order valence-electron chi connectivity index (χ4n) is 2.74. The Hall–Kier alpha value is -1.95. The van der Waals surface area contributed by atoms with Crippen LogP contribution in [0.25, 0.3) is 0 Å². The first kappa shape index (κ1) is 16.9. The number of amides is 1. The third-order valence-corrected chi connectivity index (χ3v) is 4.49. The number of benzene rings is 2. The van der Waals surface area contributed by atoms with Gasteiger partial charge in [0.05, 0.1) is 0 Å². The molecule has 1 N–H and O–H groups in total. The number of ether oxygens (including phenoxy) is 1. The second-order valence-electron chi connectivity index (χ2n) is 5.75. The van der Waals surface area contributed by atoms with Crippen molar-refractivity contribution in [1.29, 1.82) is 0 Å². The van der Waals surface area contributed by atoms with Gasteiger partial charge in [-0.3, -0.25) is 4.79 Å². The fraction of sp³-hybridized carbons (Fsp3) is 0.278. The highest BCUT2D eigenvalue weighted by atomic mass is 79.9. The molecular formula is C18H16BrF2NO2. The van der Waals surface area contributed by atoms with Gasteiger partial charge in [-0.1, -0.05) is 40.2 Å². The summed E-state index contributed by atoms with van der Waals surface area (Å²) in [7, 11) is 0. The van der Waals surface area contributed by atoms with Gasteiger partial charge in [0, 0.05) is 16.9 Å². The summed E-state index contributed by atoms with van der Waals surface area (Å²) in [6.07, 6.45) is 0.830. The van der Waals surface area contributed by atoms with Crippen LogP contribution in [0.3, 0.4) is 0 Å². The summed E-state index contributed by atoms with van der Waals surface area (Å²) in [4.78, 5) is 12.2. The van der Waals surface area contributed by atoms with Crippen molar-refractivity contribution in [2.75, 3.05) is 0 Å². The van der Waals surface area contributed by atoms with E-state index in [1.807, 2.05) is 24.3 Å². The third kappa shape index (κ3) is 4.32. The van der Waals surface area contributed by atoms with Gasteiger partial charge < -0.3 is 10.1 Å². The molecule has 24 heavy (non-hydrogen) atoms. The zero-order chi connectivity index (χ0) is 17.1. The average Bonchev–Trinajstić information content (AvgIpc) is 3.33. The number of hydrogen-bond acceptors (Lipinski definition) is 2. The van der Waals surface area contributed by atoms with E-state index in [-0.39, 0.29) is 23.5 Å². The molecule has 3 nitrogen and oxygen atoms in total. The number of nitrogens with one attached hydrogen (secondary N) is 1. The standard InChI is InChI=1S/C18H16BrF2NO2/c19-13-5-2-4-12(8-13)15-9-16(15)17(23)22-10-11-3-1-6-14(7-11)24-18(20)21/h1-8,15-16,18H,9-10H2,(H,22,23). The van der Waals surface area contributed by atoms with Crippen molar-refractivity contribution in [1.82, 2.24) is 5.32 Å². The van der Waals surface area contributed by atoms with Crippen LogP contribution in [0.4, 0.5) is 8.78 Å². The highest BCUT2D eigenvalue weighted by Crippen LogP contribution is 2.47. The minimum absolute atomic E-state index is 0.0137. The molecule has 2 atom stereocenters. The summed E-state index contributed by atoms with van der Waals surface area (Å²) in [5, 5.41) is 2.86. The lowest BCUT2D eigenvalue weighted by molar-refractivity contribution is -0.122. The Morgan fingerprint density at radius 1 is 1.25 bits per heavy atom. The van der Waals surface area contributed by atoms with Gasteiger partial charge in [0.15, 0.2) is 0 Å². The molecule has 0 bridgehead atoms. The van der Waals surface area contributed by atoms with Crippen LogP contribution in [-0.4, -0.2) is 12.5 Å². The number of halogens is 3. The monoisotopic (exact) mass is 395 g/mol. The second kappa shape index (κ2) is 7.30. The lowest BCUT2D eigenvalue weighted by atomic mass is 10.1. The maximum atomic E-state index is 12.2. The second-order valence-corrected chi connectivity index (χ2v) is 6.66. The predicted octanol–water partition coefficient (Wildman–Crippen LogP) is 4.47. The highest BCUT2D eigenvalue weighted by molar-refractivity contribution is 9.10. The maximum Gasteiger partial charge on any atom is 0.387 e. The Balaban J connectivity index is 1.53. The minimum atomic E-state index is -2.85. The van der Waals surface area contributed by atoms with Crippen LogP contribution in [0.15, 0.2) is 53.0 Å². The van der Waals surface area contributed by atoms with E-state index in [4.69, 9.17) is 0 Å². The minimum Gasteiger partial charge on any atom is -0.435 e. The van der Waals surface area contributed by atoms with E-state index in [9.17, 15) is 13.6 Å². The highest BCUT2D eigenvalue weighted by Gasteiger charge is 2.43. The van der Waals surface area contributed by atoms with Gasteiger partial charge in [-0.25, -0.2) is 0 Å². The Kier molecular flexibility index (Phi) is 5.14. The smallest absolute Gasteiger partial charge is 0.387 e. The van der Waals surface area contributed by atoms with Crippen molar-refractivity contribution in [2.45, 2.75) is 25.5 Å². The zero-order valence-electron chi connectivity index (χ0n) is 12.7. The number of carbonyl (C=O) groups is 1. The van der Waals surface area contributed by atoms with Crippen molar-refractivity contribution in [3.8, 4) is 5.75 Å². The molecule has 2 aromatic carbocycles. The van der Waals surface area contributed by atoms with Crippen LogP contribution in [-0.2, 0) is 11.3 Å². The molecule has 1 fully saturated rings. The number of alkyl halides is 2. The van der Waals surface area contributed by atoms with Crippen molar-refractivity contribution < 1.29 is 18.3 Å². The van der Waals surface area contributed by atoms with E-state index < -0.39 is 6.61 Å². The number of hydrogen-bond donors (Lipinski definition) is 1. The van der Waals surface area contributed by atoms with Gasteiger partial charge in [-0.05, 0) is 47.7 Å². The molecule has 6 heteroatoms. The molecule has 1 aliphatic carbocycles. The molecule has 0 heterocycles. The number of carbonyl (C=O) groups excluding carboxylic acids is 1. The summed E-state index contributed by atoms with van der Waals surface area (Å²) in [5.41, 5.74) is 1.87. The Morgan fingerprint density at radius 3 is 2.79 bits per heavy atom. The van der Waals surface area contributed by atoms with Crippen LogP contribution in [0.2, 0.25) is 0 Å². The molecule has 0 aliphatic heterocycles. The predicted molar refractivity (Wildman–Crippen MR) is 89.9 cm³/mol. The van der Waals surface area contributed by atoms with E-state index >= 15 is 0 Å². The van der Waals surface area contributed by atoms with E-state index in [1.54, 1.807) is 12.1 Å². The molecule has 0 aromatic heterocycles. The maximum absolute atomic E-state index is 12.2. The van der Waals surface area contributed by atoms with Gasteiger partial charge in [0.2, 0.25) is 5.91 Å². The molecule has 1 saturated carbocycles. The van der Waals surface area contributed by atoms with Crippen LogP contribution in [0.1, 0.15) is 23.5 Å². The first-order valence-corrected chi connectivity index (χ1v) is 8.39. The topological polar surface area (TPSA) is 38.3 Å². The first-order chi connectivity index (χ1) is 11.5. The van der Waals surface area contributed by atoms with Crippen LogP contribution in [0, 0.1) is 5.92 Å². The average molecular weight is 396 g/mol. The van der Waals surface area contributed by atoms with Crippen molar-refractivity contribution >= 4 is 21.8 Å². The summed E-state index contributed by atoms with van der Waals surface area (Å²) in [6.45, 7) is -2.56. The van der Waals surface area contributed by atoms with E-state index in [2.05, 4.69) is 26.0 Å². The summed E-state index contributed by atoms with van der Waals surface area (Å²) in [5.74, 6) is 0.297. The molecular weight excluding hydrogens is 380 g/mol. The lowest BCUT2D eigenvalue weighted by Gasteiger charge is -2.08. The fourth-order valence-corrected chi connectivity index (χ4v) is 3.16. The van der Waals surface area contributed by atoms with Crippen molar-refractivity contribution in [3.05, 3.63) is 64.1 Å². The largest absolute Gasteiger partial charge is 0.435 e. The van der Waals surface area contributed by atoms with Gasteiger partial charge in [-0.2, -0.15) is 8.78 Å². The lowest BCUT2D eigenvalue weighted by Crippen LogP contribution is -2.24. The van der Waals surface area contributed by atoms with E-state index in [1.165, 1.54) is 12.1 Å². The summed E-state index contributed by atoms with van der Waals surface area (Å²) >= 11 is 3.43. The van der Waals surface area contributed by atoms with E-state index in [0.29, 0.717) is 6.54 Å². The molecule has 0 saturated heterocycles. The Bertz CT molecular complexity index is 738. The molecule has 1 amide bonds. The molecule has 0 radical (unpaired) electrons. The van der Waals surface area contributed by atoms with Crippen LogP contribution >= 0.6 is 15.9 Å². The van der Waals surface area contributed by atoms with Crippen LogP contribution in [0.5, 0.6) is 5.75 Å². The molecule has 2 aromatic rings. The first-order valence-electron chi connectivity index (χ1n) is 7.60. The molecule has 2 unspecified atom stereocenters. The van der Waals surface area contributed by atoms with Crippen molar-refractivity contribution in [3.63, 3.8) is 0 Å². The molecule has 0 spiro atoms.